The lowest BCUT2D eigenvalue weighted by molar-refractivity contribution is -0.131. The molecule has 7 heteroatoms. The molecule has 0 saturated carbocycles. The maximum atomic E-state index is 13.4. The van der Waals surface area contributed by atoms with Crippen molar-refractivity contribution in [1.29, 1.82) is 0 Å². The van der Waals surface area contributed by atoms with Crippen LogP contribution in [-0.2, 0) is 21.2 Å². The molecule has 0 bridgehead atoms. The van der Waals surface area contributed by atoms with Gasteiger partial charge in [-0.2, -0.15) is 4.31 Å². The number of sulfonamides is 1. The van der Waals surface area contributed by atoms with Gasteiger partial charge in [0.15, 0.2) is 0 Å². The molecule has 1 aliphatic heterocycles. The van der Waals surface area contributed by atoms with E-state index in [4.69, 9.17) is 0 Å². The number of rotatable bonds is 7. The Kier molecular flexibility index (Phi) is 7.05. The molecule has 0 atom stereocenters. The van der Waals surface area contributed by atoms with Gasteiger partial charge in [-0.15, -0.1) is 0 Å². The minimum Gasteiger partial charge on any atom is -0.339 e. The average Bonchev–Trinajstić information content (AvgIpc) is 2.74. The van der Waals surface area contributed by atoms with Crippen molar-refractivity contribution in [3.63, 3.8) is 0 Å². The third-order valence-corrected chi connectivity index (χ3v) is 7.23. The molecule has 0 aliphatic carbocycles. The van der Waals surface area contributed by atoms with E-state index in [1.54, 1.807) is 17.0 Å². The van der Waals surface area contributed by atoms with Crippen LogP contribution in [0.3, 0.4) is 0 Å². The summed E-state index contributed by atoms with van der Waals surface area (Å²) in [4.78, 5) is 14.8. The highest BCUT2D eigenvalue weighted by atomic mass is 32.2. The number of nitrogens with one attached hydrogen (secondary N) is 1. The molecule has 3 rings (SSSR count). The Morgan fingerprint density at radius 1 is 1.03 bits per heavy atom. The fraction of sp³-hybridized carbons (Fsp3) is 0.409. The van der Waals surface area contributed by atoms with E-state index < -0.39 is 10.0 Å². The van der Waals surface area contributed by atoms with E-state index in [1.165, 1.54) is 4.31 Å². The van der Waals surface area contributed by atoms with Gasteiger partial charge in [0.05, 0.1) is 11.4 Å². The maximum Gasteiger partial charge on any atom is 0.243 e. The molecule has 1 saturated heterocycles. The summed E-state index contributed by atoms with van der Waals surface area (Å²) in [5.41, 5.74) is 3.00. The lowest BCUT2D eigenvalue weighted by Gasteiger charge is -2.30. The zero-order valence-electron chi connectivity index (χ0n) is 17.1. The Balaban J connectivity index is 1.83. The molecule has 0 spiro atoms. The van der Waals surface area contributed by atoms with Gasteiger partial charge in [-0.25, -0.2) is 8.42 Å². The number of benzene rings is 2. The van der Waals surface area contributed by atoms with Crippen molar-refractivity contribution in [2.24, 2.45) is 0 Å². The lowest BCUT2D eigenvalue weighted by Crippen LogP contribution is -2.50. The van der Waals surface area contributed by atoms with E-state index in [1.807, 2.05) is 50.2 Å². The third-order valence-electron chi connectivity index (χ3n) is 5.39. The number of hydrogen-bond donors (Lipinski definition) is 1. The van der Waals surface area contributed by atoms with E-state index >= 15 is 0 Å². The van der Waals surface area contributed by atoms with Crippen molar-refractivity contribution >= 4 is 15.9 Å². The highest BCUT2D eigenvalue weighted by Gasteiger charge is 2.29. The first-order chi connectivity index (χ1) is 13.9. The van der Waals surface area contributed by atoms with E-state index in [-0.39, 0.29) is 23.9 Å². The molecule has 1 N–H and O–H groups in total. The second-order valence-corrected chi connectivity index (χ2v) is 9.39. The van der Waals surface area contributed by atoms with Gasteiger partial charge in [-0.1, -0.05) is 36.4 Å². The molecule has 1 fully saturated rings. The maximum absolute atomic E-state index is 13.4. The lowest BCUT2D eigenvalue weighted by atomic mass is 10.1. The molecule has 2 aromatic carbocycles. The predicted molar refractivity (Wildman–Crippen MR) is 114 cm³/mol. The molecule has 0 unspecified atom stereocenters. The minimum absolute atomic E-state index is 0.137. The number of nitrogens with zero attached hydrogens (tertiary/aromatic N) is 2. The highest BCUT2D eigenvalue weighted by molar-refractivity contribution is 7.89. The molecular formula is C22H29N3O3S. The Labute approximate surface area is 173 Å². The first-order valence-electron chi connectivity index (χ1n) is 9.98. The number of piperazine rings is 1. The average molecular weight is 416 g/mol. The first-order valence-corrected chi connectivity index (χ1v) is 11.4. The molecular weight excluding hydrogens is 386 g/mol. The van der Waals surface area contributed by atoms with E-state index in [9.17, 15) is 13.2 Å². The fourth-order valence-corrected chi connectivity index (χ4v) is 4.85. The first kappa shape index (κ1) is 21.5. The zero-order valence-corrected chi connectivity index (χ0v) is 17.9. The van der Waals surface area contributed by atoms with Crippen LogP contribution in [0.4, 0.5) is 0 Å². The number of aryl methyl sites for hydroxylation is 2. The number of carbonyl (C=O) groups is 1. The van der Waals surface area contributed by atoms with Crippen LogP contribution in [0.2, 0.25) is 0 Å². The van der Waals surface area contributed by atoms with E-state index in [0.29, 0.717) is 19.5 Å². The Morgan fingerprint density at radius 3 is 2.38 bits per heavy atom. The van der Waals surface area contributed by atoms with Crippen LogP contribution in [0.15, 0.2) is 53.4 Å². The smallest absolute Gasteiger partial charge is 0.243 e. The Hall–Kier alpha value is -2.22. The molecule has 156 valence electrons. The molecule has 0 radical (unpaired) electrons. The highest BCUT2D eigenvalue weighted by Crippen LogP contribution is 2.20. The standard InChI is InChI=1S/C22H29N3O3S/c1-18-8-9-21(16-19(18)2)29(27,28)25(13-10-20-6-4-3-5-7-20)17-22(26)24-14-11-23-12-15-24/h3-9,16,23H,10-15,17H2,1-2H3. The molecule has 1 amide bonds. The van der Waals surface area contributed by atoms with Crippen LogP contribution in [0.25, 0.3) is 0 Å². The summed E-state index contributed by atoms with van der Waals surface area (Å²) in [5, 5.41) is 3.21. The zero-order chi connectivity index (χ0) is 20.9. The van der Waals surface area contributed by atoms with Gasteiger partial charge in [0.25, 0.3) is 0 Å². The van der Waals surface area contributed by atoms with Gasteiger partial charge in [0, 0.05) is 32.7 Å². The summed E-state index contributed by atoms with van der Waals surface area (Å²) in [7, 11) is -3.77. The summed E-state index contributed by atoms with van der Waals surface area (Å²) in [6.45, 7) is 6.66. The van der Waals surface area contributed by atoms with Gasteiger partial charge in [-0.3, -0.25) is 4.79 Å². The summed E-state index contributed by atoms with van der Waals surface area (Å²) < 4.78 is 28.1. The summed E-state index contributed by atoms with van der Waals surface area (Å²) >= 11 is 0. The predicted octanol–water partition coefficient (Wildman–Crippen LogP) is 1.97. The summed E-state index contributed by atoms with van der Waals surface area (Å²) in [6.07, 6.45) is 0.555. The van der Waals surface area contributed by atoms with Crippen molar-refractivity contribution in [3.8, 4) is 0 Å². The van der Waals surface area contributed by atoms with Crippen molar-refractivity contribution in [3.05, 3.63) is 65.2 Å². The number of hydrogen-bond acceptors (Lipinski definition) is 4. The second kappa shape index (κ2) is 9.52. The van der Waals surface area contributed by atoms with Gasteiger partial charge in [-0.05, 0) is 49.1 Å². The van der Waals surface area contributed by atoms with Gasteiger partial charge in [0.2, 0.25) is 15.9 Å². The fourth-order valence-electron chi connectivity index (χ4n) is 3.37. The van der Waals surface area contributed by atoms with Crippen molar-refractivity contribution < 1.29 is 13.2 Å². The minimum atomic E-state index is -3.77. The van der Waals surface area contributed by atoms with Crippen LogP contribution >= 0.6 is 0 Å². The summed E-state index contributed by atoms with van der Waals surface area (Å²) in [6, 6.07) is 14.9. The van der Waals surface area contributed by atoms with Crippen molar-refractivity contribution in [2.75, 3.05) is 39.3 Å². The quantitative estimate of drug-likeness (QED) is 0.751. The largest absolute Gasteiger partial charge is 0.339 e. The monoisotopic (exact) mass is 415 g/mol. The second-order valence-electron chi connectivity index (χ2n) is 7.45. The molecule has 1 aliphatic rings. The van der Waals surface area contributed by atoms with Crippen LogP contribution in [-0.4, -0.2) is 62.8 Å². The molecule has 6 nitrogen and oxygen atoms in total. The SMILES string of the molecule is Cc1ccc(S(=O)(=O)N(CCc2ccccc2)CC(=O)N2CCNCC2)cc1C. The number of carbonyl (C=O) groups excluding carboxylic acids is 1. The van der Waals surface area contributed by atoms with Crippen LogP contribution < -0.4 is 5.32 Å². The third kappa shape index (κ3) is 5.44. The number of amides is 1. The molecule has 1 heterocycles. The van der Waals surface area contributed by atoms with Crippen molar-refractivity contribution in [2.45, 2.75) is 25.2 Å². The molecule has 0 aromatic heterocycles. The van der Waals surface area contributed by atoms with Gasteiger partial charge >= 0.3 is 0 Å². The molecule has 29 heavy (non-hydrogen) atoms. The van der Waals surface area contributed by atoms with Crippen molar-refractivity contribution in [1.82, 2.24) is 14.5 Å². The van der Waals surface area contributed by atoms with E-state index in [0.717, 1.165) is 29.8 Å². The van der Waals surface area contributed by atoms with Gasteiger partial charge < -0.3 is 10.2 Å². The summed E-state index contributed by atoms with van der Waals surface area (Å²) in [5.74, 6) is -0.146. The van der Waals surface area contributed by atoms with Crippen LogP contribution in [0.1, 0.15) is 16.7 Å². The Bertz CT molecular complexity index is 939. The Morgan fingerprint density at radius 2 is 1.72 bits per heavy atom. The topological polar surface area (TPSA) is 69.7 Å². The molecule has 2 aromatic rings. The normalized spacial score (nSPS) is 14.9. The van der Waals surface area contributed by atoms with Crippen LogP contribution in [0, 0.1) is 13.8 Å². The van der Waals surface area contributed by atoms with Crippen LogP contribution in [0.5, 0.6) is 0 Å². The van der Waals surface area contributed by atoms with Gasteiger partial charge in [0.1, 0.15) is 0 Å². The van der Waals surface area contributed by atoms with E-state index in [2.05, 4.69) is 5.32 Å².